The highest BCUT2D eigenvalue weighted by atomic mass is 35.5. The van der Waals surface area contributed by atoms with Gasteiger partial charge in [0, 0.05) is 18.3 Å². The number of urea groups is 1. The summed E-state index contributed by atoms with van der Waals surface area (Å²) < 4.78 is 17.3. The van der Waals surface area contributed by atoms with Crippen LogP contribution in [-0.2, 0) is 10.8 Å². The molecule has 2 rings (SSSR count). The van der Waals surface area contributed by atoms with Crippen molar-refractivity contribution >= 4 is 34.1 Å². The second kappa shape index (κ2) is 8.70. The van der Waals surface area contributed by atoms with E-state index in [-0.39, 0.29) is 6.03 Å². The molecular formula is C17H19ClN2O3S. The lowest BCUT2D eigenvalue weighted by Gasteiger charge is -2.19. The quantitative estimate of drug-likeness (QED) is 0.849. The highest BCUT2D eigenvalue weighted by molar-refractivity contribution is 7.84. The van der Waals surface area contributed by atoms with Gasteiger partial charge in [-0.15, -0.1) is 0 Å². The summed E-state index contributed by atoms with van der Waals surface area (Å²) in [6, 6.07) is 13.8. The first-order valence-corrected chi connectivity index (χ1v) is 9.24. The number of carbonyl (C=O) groups excluding carboxylic acids is 1. The van der Waals surface area contributed by atoms with E-state index in [4.69, 9.17) is 16.3 Å². The first kappa shape index (κ1) is 18.3. The summed E-state index contributed by atoms with van der Waals surface area (Å²) in [4.78, 5) is 14.3. The number of hydrogen-bond acceptors (Lipinski definition) is 3. The zero-order chi connectivity index (χ0) is 17.5. The predicted molar refractivity (Wildman–Crippen MR) is 97.4 cm³/mol. The molecule has 128 valence electrons. The zero-order valence-corrected chi connectivity index (χ0v) is 15.1. The third kappa shape index (κ3) is 5.25. The SMILES string of the molecule is CN(CCOc1ccc(Cl)cc1)C(=O)Nc1ccccc1[S@@](C)=O. The highest BCUT2D eigenvalue weighted by Gasteiger charge is 2.12. The van der Waals surface area contributed by atoms with Gasteiger partial charge >= 0.3 is 6.03 Å². The number of likely N-dealkylation sites (N-methyl/N-ethyl adjacent to an activating group) is 1. The molecule has 0 saturated carbocycles. The van der Waals surface area contributed by atoms with Crippen LogP contribution in [0, 0.1) is 0 Å². The summed E-state index contributed by atoms with van der Waals surface area (Å²) in [7, 11) is 0.502. The number of para-hydroxylation sites is 1. The fourth-order valence-electron chi connectivity index (χ4n) is 1.96. The summed E-state index contributed by atoms with van der Waals surface area (Å²) >= 11 is 5.81. The van der Waals surface area contributed by atoms with Crippen LogP contribution < -0.4 is 10.1 Å². The number of halogens is 1. The number of rotatable bonds is 6. The predicted octanol–water partition coefficient (Wildman–Crippen LogP) is 3.62. The summed E-state index contributed by atoms with van der Waals surface area (Å²) in [6.07, 6.45) is 1.58. The Morgan fingerprint density at radius 1 is 1.21 bits per heavy atom. The lowest BCUT2D eigenvalue weighted by Crippen LogP contribution is -2.34. The molecule has 0 aromatic heterocycles. The molecule has 0 saturated heterocycles. The lowest BCUT2D eigenvalue weighted by molar-refractivity contribution is 0.207. The Hall–Kier alpha value is -2.05. The van der Waals surface area contributed by atoms with Gasteiger partial charge in [0.2, 0.25) is 0 Å². The molecule has 5 nitrogen and oxygen atoms in total. The van der Waals surface area contributed by atoms with E-state index in [1.54, 1.807) is 61.8 Å². The van der Waals surface area contributed by atoms with Gasteiger partial charge in [-0.2, -0.15) is 0 Å². The van der Waals surface area contributed by atoms with E-state index < -0.39 is 10.8 Å². The normalized spacial score (nSPS) is 11.6. The molecule has 1 atom stereocenters. The van der Waals surface area contributed by atoms with E-state index in [1.807, 2.05) is 0 Å². The van der Waals surface area contributed by atoms with Gasteiger partial charge in [0.25, 0.3) is 0 Å². The number of nitrogens with one attached hydrogen (secondary N) is 1. The van der Waals surface area contributed by atoms with Crippen molar-refractivity contribution in [1.82, 2.24) is 4.90 Å². The molecule has 2 amide bonds. The van der Waals surface area contributed by atoms with Gasteiger partial charge in [0.1, 0.15) is 12.4 Å². The van der Waals surface area contributed by atoms with Gasteiger partial charge in [0.05, 0.1) is 27.9 Å². The highest BCUT2D eigenvalue weighted by Crippen LogP contribution is 2.18. The molecule has 1 N–H and O–H groups in total. The third-order valence-corrected chi connectivity index (χ3v) is 4.52. The minimum absolute atomic E-state index is 0.285. The Morgan fingerprint density at radius 2 is 1.88 bits per heavy atom. The minimum Gasteiger partial charge on any atom is -0.492 e. The smallest absolute Gasteiger partial charge is 0.321 e. The van der Waals surface area contributed by atoms with Gasteiger partial charge in [-0.05, 0) is 36.4 Å². The van der Waals surface area contributed by atoms with Crippen molar-refractivity contribution in [3.63, 3.8) is 0 Å². The summed E-state index contributed by atoms with van der Waals surface area (Å²) in [5, 5.41) is 3.41. The number of hydrogen-bond donors (Lipinski definition) is 1. The Kier molecular flexibility index (Phi) is 6.63. The molecule has 24 heavy (non-hydrogen) atoms. The largest absolute Gasteiger partial charge is 0.492 e. The van der Waals surface area contributed by atoms with Crippen LogP contribution in [0.2, 0.25) is 5.02 Å². The maximum Gasteiger partial charge on any atom is 0.321 e. The minimum atomic E-state index is -1.17. The van der Waals surface area contributed by atoms with Crippen LogP contribution in [0.15, 0.2) is 53.4 Å². The first-order chi connectivity index (χ1) is 11.5. The molecule has 0 spiro atoms. The molecule has 0 radical (unpaired) electrons. The van der Waals surface area contributed by atoms with Crippen LogP contribution in [0.4, 0.5) is 10.5 Å². The van der Waals surface area contributed by atoms with Crippen LogP contribution in [-0.4, -0.2) is 41.6 Å². The van der Waals surface area contributed by atoms with Crippen molar-refractivity contribution < 1.29 is 13.7 Å². The van der Waals surface area contributed by atoms with Crippen LogP contribution in [0.25, 0.3) is 0 Å². The average molecular weight is 367 g/mol. The van der Waals surface area contributed by atoms with E-state index in [0.717, 1.165) is 0 Å². The third-order valence-electron chi connectivity index (χ3n) is 3.29. The van der Waals surface area contributed by atoms with Gasteiger partial charge in [0.15, 0.2) is 0 Å². The number of nitrogens with zero attached hydrogens (tertiary/aromatic N) is 1. The Labute approximate surface area is 149 Å². The maximum absolute atomic E-state index is 12.2. The maximum atomic E-state index is 12.2. The van der Waals surface area contributed by atoms with E-state index in [0.29, 0.717) is 34.5 Å². The van der Waals surface area contributed by atoms with Crippen LogP contribution in [0.3, 0.4) is 0 Å². The monoisotopic (exact) mass is 366 g/mol. The molecule has 2 aromatic rings. The number of amides is 2. The molecule has 0 fully saturated rings. The van der Waals surface area contributed by atoms with Gasteiger partial charge in [-0.1, -0.05) is 23.7 Å². The van der Waals surface area contributed by atoms with Crippen molar-refractivity contribution in [1.29, 1.82) is 0 Å². The Morgan fingerprint density at radius 3 is 2.54 bits per heavy atom. The van der Waals surface area contributed by atoms with Crippen molar-refractivity contribution in [3.8, 4) is 5.75 Å². The molecular weight excluding hydrogens is 348 g/mol. The summed E-state index contributed by atoms with van der Waals surface area (Å²) in [5.74, 6) is 0.694. The second-order valence-corrected chi connectivity index (χ2v) is 6.89. The number of carbonyl (C=O) groups is 1. The van der Waals surface area contributed by atoms with Gasteiger partial charge in [-0.3, -0.25) is 4.21 Å². The molecule has 7 heteroatoms. The number of anilines is 1. The van der Waals surface area contributed by atoms with Crippen molar-refractivity contribution in [2.75, 3.05) is 31.8 Å². The fourth-order valence-corrected chi connectivity index (χ4v) is 2.79. The van der Waals surface area contributed by atoms with E-state index >= 15 is 0 Å². The second-order valence-electron chi connectivity index (χ2n) is 5.10. The summed E-state index contributed by atoms with van der Waals surface area (Å²) in [6.45, 7) is 0.763. The number of ether oxygens (including phenoxy) is 1. The standard InChI is InChI=1S/C17H19ClN2O3S/c1-20(11-12-23-14-9-7-13(18)8-10-14)17(21)19-15-5-3-4-6-16(15)24(2)22/h3-10H,11-12H2,1-2H3,(H,19,21)/t24-/m1/s1. The topological polar surface area (TPSA) is 58.6 Å². The van der Waals surface area contributed by atoms with E-state index in [1.165, 1.54) is 4.90 Å². The molecule has 0 aliphatic heterocycles. The van der Waals surface area contributed by atoms with Crippen molar-refractivity contribution in [3.05, 3.63) is 53.6 Å². The summed E-state index contributed by atoms with van der Waals surface area (Å²) in [5.41, 5.74) is 0.550. The number of benzene rings is 2. The van der Waals surface area contributed by atoms with E-state index in [9.17, 15) is 9.00 Å². The molecule has 0 unspecified atom stereocenters. The van der Waals surface area contributed by atoms with Gasteiger partial charge in [-0.25, -0.2) is 4.79 Å². The van der Waals surface area contributed by atoms with Crippen molar-refractivity contribution in [2.45, 2.75) is 4.90 Å². The van der Waals surface area contributed by atoms with Crippen LogP contribution in [0.1, 0.15) is 0 Å². The fraction of sp³-hybridized carbons (Fsp3) is 0.235. The molecule has 0 aliphatic rings. The lowest BCUT2D eigenvalue weighted by atomic mass is 10.3. The molecule has 0 bridgehead atoms. The first-order valence-electron chi connectivity index (χ1n) is 7.30. The van der Waals surface area contributed by atoms with Crippen LogP contribution in [0.5, 0.6) is 5.75 Å². The average Bonchev–Trinajstić information content (AvgIpc) is 2.56. The van der Waals surface area contributed by atoms with Crippen molar-refractivity contribution in [2.24, 2.45) is 0 Å². The molecule has 0 aliphatic carbocycles. The molecule has 0 heterocycles. The zero-order valence-electron chi connectivity index (χ0n) is 13.5. The van der Waals surface area contributed by atoms with E-state index in [2.05, 4.69) is 5.32 Å². The molecule has 2 aromatic carbocycles. The van der Waals surface area contributed by atoms with Gasteiger partial charge < -0.3 is 15.0 Å². The van der Waals surface area contributed by atoms with Crippen LogP contribution >= 0.6 is 11.6 Å². The Balaban J connectivity index is 1.86. The Bertz CT molecular complexity index is 722.